The van der Waals surface area contributed by atoms with Gasteiger partial charge in [0.25, 0.3) is 6.43 Å². The minimum absolute atomic E-state index is 0.0748. The van der Waals surface area contributed by atoms with Gasteiger partial charge >= 0.3 is 5.97 Å². The molecule has 5 heteroatoms. The van der Waals surface area contributed by atoms with Gasteiger partial charge in [-0.1, -0.05) is 30.3 Å². The second-order valence-corrected chi connectivity index (χ2v) is 4.14. The zero-order valence-electron chi connectivity index (χ0n) is 10.4. The van der Waals surface area contributed by atoms with Gasteiger partial charge in [-0.3, -0.25) is 0 Å². The first-order valence-corrected chi connectivity index (χ1v) is 5.90. The zero-order valence-corrected chi connectivity index (χ0v) is 10.4. The highest BCUT2D eigenvalue weighted by molar-refractivity contribution is 5.91. The number of hydrogen-bond donors (Lipinski definition) is 1. The van der Waals surface area contributed by atoms with E-state index in [1.54, 1.807) is 0 Å². The molecule has 0 aliphatic carbocycles. The van der Waals surface area contributed by atoms with E-state index in [2.05, 4.69) is 0 Å². The van der Waals surface area contributed by atoms with Crippen molar-refractivity contribution in [2.75, 3.05) is 0 Å². The van der Waals surface area contributed by atoms with Crippen molar-refractivity contribution in [3.05, 3.63) is 65.2 Å². The van der Waals surface area contributed by atoms with Gasteiger partial charge in [-0.2, -0.15) is 0 Å². The van der Waals surface area contributed by atoms with Crippen molar-refractivity contribution >= 4 is 5.97 Å². The molecule has 2 rings (SSSR count). The molecular weight excluding hydrogens is 266 g/mol. The minimum Gasteiger partial charge on any atom is -0.488 e. The number of aromatic carboxylic acids is 1. The van der Waals surface area contributed by atoms with Crippen molar-refractivity contribution in [2.24, 2.45) is 0 Å². The van der Waals surface area contributed by atoms with Gasteiger partial charge in [0.2, 0.25) is 0 Å². The van der Waals surface area contributed by atoms with Gasteiger partial charge in [0, 0.05) is 5.56 Å². The Hall–Kier alpha value is -2.43. The lowest BCUT2D eigenvalue weighted by Gasteiger charge is -2.10. The third-order valence-corrected chi connectivity index (χ3v) is 2.72. The number of alkyl halides is 2. The van der Waals surface area contributed by atoms with E-state index in [4.69, 9.17) is 9.84 Å². The number of carbonyl (C=O) groups is 1. The fraction of sp³-hybridized carbons (Fsp3) is 0.133. The Kier molecular flexibility index (Phi) is 4.30. The number of benzene rings is 2. The van der Waals surface area contributed by atoms with E-state index in [0.29, 0.717) is 0 Å². The molecule has 0 saturated carbocycles. The molecular formula is C15H12F2O3. The highest BCUT2D eigenvalue weighted by atomic mass is 19.3. The summed E-state index contributed by atoms with van der Waals surface area (Å²) in [5.41, 5.74) is 0.259. The van der Waals surface area contributed by atoms with Gasteiger partial charge in [-0.15, -0.1) is 0 Å². The summed E-state index contributed by atoms with van der Waals surface area (Å²) in [5.74, 6) is -1.22. The number of carboxylic acid groups (broad SMARTS) is 1. The van der Waals surface area contributed by atoms with Crippen molar-refractivity contribution < 1.29 is 23.4 Å². The van der Waals surface area contributed by atoms with Crippen LogP contribution in [0.25, 0.3) is 0 Å². The lowest BCUT2D eigenvalue weighted by Crippen LogP contribution is -2.04. The van der Waals surface area contributed by atoms with Crippen molar-refractivity contribution in [3.63, 3.8) is 0 Å². The molecule has 1 N–H and O–H groups in total. The summed E-state index contributed by atoms with van der Waals surface area (Å²) in [6.07, 6.45) is -2.71. The van der Waals surface area contributed by atoms with E-state index in [1.165, 1.54) is 6.07 Å². The topological polar surface area (TPSA) is 46.5 Å². The third kappa shape index (κ3) is 3.32. The zero-order chi connectivity index (χ0) is 14.5. The molecule has 0 bridgehead atoms. The van der Waals surface area contributed by atoms with Crippen LogP contribution >= 0.6 is 0 Å². The number of halogens is 2. The van der Waals surface area contributed by atoms with E-state index in [-0.39, 0.29) is 23.5 Å². The Morgan fingerprint density at radius 2 is 1.85 bits per heavy atom. The molecule has 0 saturated heterocycles. The molecule has 2 aromatic rings. The predicted molar refractivity (Wildman–Crippen MR) is 69.1 cm³/mol. The molecule has 0 spiro atoms. The second-order valence-electron chi connectivity index (χ2n) is 4.14. The molecule has 0 heterocycles. The Labute approximate surface area is 114 Å². The quantitative estimate of drug-likeness (QED) is 0.902. The molecule has 0 radical (unpaired) electrons. The van der Waals surface area contributed by atoms with E-state index in [0.717, 1.165) is 17.7 Å². The lowest BCUT2D eigenvalue weighted by molar-refractivity contribution is 0.0691. The molecule has 0 atom stereocenters. The molecule has 0 aliphatic heterocycles. The normalized spacial score (nSPS) is 10.6. The molecule has 0 fully saturated rings. The molecule has 0 amide bonds. The van der Waals surface area contributed by atoms with Crippen LogP contribution in [0.15, 0.2) is 48.5 Å². The Bertz CT molecular complexity index is 597. The summed E-state index contributed by atoms with van der Waals surface area (Å²) in [5, 5.41) is 9.04. The Morgan fingerprint density at radius 1 is 1.15 bits per heavy atom. The van der Waals surface area contributed by atoms with Gasteiger partial charge < -0.3 is 9.84 Å². The summed E-state index contributed by atoms with van der Waals surface area (Å²) in [4.78, 5) is 11.1. The van der Waals surface area contributed by atoms with E-state index < -0.39 is 12.4 Å². The first kappa shape index (κ1) is 14.0. The minimum atomic E-state index is -2.71. The number of hydrogen-bond acceptors (Lipinski definition) is 2. The second kappa shape index (κ2) is 6.14. The van der Waals surface area contributed by atoms with Crippen LogP contribution in [0.4, 0.5) is 8.78 Å². The van der Waals surface area contributed by atoms with Gasteiger partial charge in [0.1, 0.15) is 17.9 Å². The van der Waals surface area contributed by atoms with Crippen LogP contribution in [-0.4, -0.2) is 11.1 Å². The molecule has 0 aliphatic rings. The lowest BCUT2D eigenvalue weighted by atomic mass is 10.1. The van der Waals surface area contributed by atoms with Crippen LogP contribution in [0.1, 0.15) is 27.9 Å². The van der Waals surface area contributed by atoms with E-state index in [9.17, 15) is 13.6 Å². The van der Waals surface area contributed by atoms with Crippen molar-refractivity contribution in [1.29, 1.82) is 0 Å². The van der Waals surface area contributed by atoms with Gasteiger partial charge in [0.05, 0.1) is 0 Å². The number of rotatable bonds is 5. The Morgan fingerprint density at radius 3 is 2.45 bits per heavy atom. The Balaban J connectivity index is 2.21. The fourth-order valence-corrected chi connectivity index (χ4v) is 1.71. The summed E-state index contributed by atoms with van der Waals surface area (Å²) < 4.78 is 30.5. The highest BCUT2D eigenvalue weighted by Gasteiger charge is 2.16. The van der Waals surface area contributed by atoms with Crippen LogP contribution in [0.2, 0.25) is 0 Å². The smallest absolute Gasteiger partial charge is 0.339 e. The first-order chi connectivity index (χ1) is 9.58. The maximum Gasteiger partial charge on any atom is 0.339 e. The molecule has 3 nitrogen and oxygen atoms in total. The van der Waals surface area contributed by atoms with Crippen LogP contribution < -0.4 is 4.74 Å². The highest BCUT2D eigenvalue weighted by Crippen LogP contribution is 2.26. The SMILES string of the molecule is O=C(O)c1cc(C(F)F)ccc1OCc1ccccc1. The summed E-state index contributed by atoms with van der Waals surface area (Å²) in [6, 6.07) is 12.5. The standard InChI is InChI=1S/C15H12F2O3/c16-14(17)11-6-7-13(12(8-11)15(18)19)20-9-10-4-2-1-3-5-10/h1-8,14H,9H2,(H,18,19). The molecule has 0 aromatic heterocycles. The summed E-state index contributed by atoms with van der Waals surface area (Å²) in [6.45, 7) is 0.176. The van der Waals surface area contributed by atoms with Crippen molar-refractivity contribution in [3.8, 4) is 5.75 Å². The van der Waals surface area contributed by atoms with Crippen LogP contribution in [0.5, 0.6) is 5.75 Å². The average molecular weight is 278 g/mol. The van der Waals surface area contributed by atoms with Crippen molar-refractivity contribution in [1.82, 2.24) is 0 Å². The van der Waals surface area contributed by atoms with Crippen LogP contribution in [0.3, 0.4) is 0 Å². The first-order valence-electron chi connectivity index (χ1n) is 5.90. The maximum atomic E-state index is 12.6. The number of ether oxygens (including phenoxy) is 1. The van der Waals surface area contributed by atoms with Crippen molar-refractivity contribution in [2.45, 2.75) is 13.0 Å². The summed E-state index contributed by atoms with van der Waals surface area (Å²) in [7, 11) is 0. The molecule has 0 unspecified atom stereocenters. The summed E-state index contributed by atoms with van der Waals surface area (Å²) >= 11 is 0. The van der Waals surface area contributed by atoms with Crippen LogP contribution in [-0.2, 0) is 6.61 Å². The molecule has 2 aromatic carbocycles. The largest absolute Gasteiger partial charge is 0.488 e. The maximum absolute atomic E-state index is 12.6. The third-order valence-electron chi connectivity index (χ3n) is 2.72. The molecule has 20 heavy (non-hydrogen) atoms. The number of carboxylic acids is 1. The monoisotopic (exact) mass is 278 g/mol. The van der Waals surface area contributed by atoms with Gasteiger partial charge in [-0.05, 0) is 23.8 Å². The van der Waals surface area contributed by atoms with E-state index in [1.807, 2.05) is 30.3 Å². The average Bonchev–Trinajstić information content (AvgIpc) is 2.45. The fourth-order valence-electron chi connectivity index (χ4n) is 1.71. The van der Waals surface area contributed by atoms with E-state index >= 15 is 0 Å². The van der Waals surface area contributed by atoms with Gasteiger partial charge in [-0.25, -0.2) is 13.6 Å². The predicted octanol–water partition coefficient (Wildman–Crippen LogP) is 3.90. The molecule has 104 valence electrons. The van der Waals surface area contributed by atoms with Gasteiger partial charge in [0.15, 0.2) is 0 Å². The van der Waals surface area contributed by atoms with Crippen LogP contribution in [0, 0.1) is 0 Å².